The van der Waals surface area contributed by atoms with E-state index in [1.165, 1.54) is 20.3 Å². The summed E-state index contributed by atoms with van der Waals surface area (Å²) in [5, 5.41) is 0. The molecule has 0 amide bonds. The van der Waals surface area contributed by atoms with Crippen molar-refractivity contribution in [1.82, 2.24) is 0 Å². The van der Waals surface area contributed by atoms with Crippen molar-refractivity contribution >= 4 is 10.5 Å². The lowest BCUT2D eigenvalue weighted by Gasteiger charge is -2.11. The van der Waals surface area contributed by atoms with Gasteiger partial charge >= 0.3 is 10.5 Å². The largest absolute Gasteiger partial charge is 0.497 e. The Morgan fingerprint density at radius 3 is 2.05 bits per heavy atom. The summed E-state index contributed by atoms with van der Waals surface area (Å²) >= 11 is 0. The second-order valence-electron chi connectivity index (χ2n) is 4.07. The Hall–Kier alpha value is -2.28. The Morgan fingerprint density at radius 2 is 1.52 bits per heavy atom. The number of hydrogen-bond acceptors (Lipinski definition) is 5. The van der Waals surface area contributed by atoms with Crippen LogP contribution in [0.3, 0.4) is 0 Å². The molecule has 0 fully saturated rings. The number of benzene rings is 2. The van der Waals surface area contributed by atoms with Crippen molar-refractivity contribution in [2.24, 2.45) is 0 Å². The number of methoxy groups -OCH3 is 2. The number of para-hydroxylation sites is 1. The highest BCUT2D eigenvalue weighted by atomic mass is 32.3. The topological polar surface area (TPSA) is 61.8 Å². The lowest BCUT2D eigenvalue weighted by molar-refractivity contribution is 0.394. The van der Waals surface area contributed by atoms with Crippen LogP contribution >= 0.6 is 0 Å². The molecule has 0 unspecified atom stereocenters. The minimum Gasteiger partial charge on any atom is -0.497 e. The van der Waals surface area contributed by atoms with Crippen LogP contribution in [-0.2, 0) is 10.5 Å². The molecule has 0 atom stereocenters. The Kier molecular flexibility index (Phi) is 4.32. The fourth-order valence-corrected chi connectivity index (χ4v) is 2.21. The number of rotatable bonds is 5. The molecular weight excluding hydrogens is 299 g/mol. The summed E-state index contributed by atoms with van der Waals surface area (Å²) in [7, 11) is -2.12. The SMILES string of the molecule is COc1cc(OC)cc(-c2ccccc2OS(=O)(=O)F)c1. The molecule has 0 saturated carbocycles. The maximum Gasteiger partial charge on any atom is 0.488 e. The van der Waals surface area contributed by atoms with Gasteiger partial charge in [-0.1, -0.05) is 22.1 Å². The van der Waals surface area contributed by atoms with Crippen molar-refractivity contribution in [2.75, 3.05) is 14.2 Å². The summed E-state index contributed by atoms with van der Waals surface area (Å²) in [6, 6.07) is 11.2. The molecule has 2 rings (SSSR count). The molecule has 2 aromatic carbocycles. The minimum absolute atomic E-state index is 0.115. The summed E-state index contributed by atoms with van der Waals surface area (Å²) in [5.74, 6) is 0.917. The monoisotopic (exact) mass is 312 g/mol. The van der Waals surface area contributed by atoms with E-state index in [1.807, 2.05) is 0 Å². The van der Waals surface area contributed by atoms with E-state index in [4.69, 9.17) is 9.47 Å². The van der Waals surface area contributed by atoms with Crippen LogP contribution in [0.1, 0.15) is 0 Å². The van der Waals surface area contributed by atoms with E-state index in [0.717, 1.165) is 0 Å². The van der Waals surface area contributed by atoms with Crippen LogP contribution in [0, 0.1) is 0 Å². The molecule has 0 spiro atoms. The highest BCUT2D eigenvalue weighted by Crippen LogP contribution is 2.35. The van der Waals surface area contributed by atoms with Crippen LogP contribution in [0.5, 0.6) is 17.2 Å². The number of hydrogen-bond donors (Lipinski definition) is 0. The minimum atomic E-state index is -5.10. The van der Waals surface area contributed by atoms with Gasteiger partial charge in [-0.05, 0) is 23.8 Å². The smallest absolute Gasteiger partial charge is 0.488 e. The van der Waals surface area contributed by atoms with Crippen molar-refractivity contribution in [2.45, 2.75) is 0 Å². The highest BCUT2D eigenvalue weighted by Gasteiger charge is 2.15. The maximum atomic E-state index is 12.8. The molecule has 7 heteroatoms. The van der Waals surface area contributed by atoms with Crippen LogP contribution in [0.15, 0.2) is 42.5 Å². The molecule has 0 aliphatic heterocycles. The average Bonchev–Trinajstić information content (AvgIpc) is 2.45. The molecule has 0 aliphatic rings. The highest BCUT2D eigenvalue weighted by molar-refractivity contribution is 7.81. The van der Waals surface area contributed by atoms with Gasteiger partial charge in [0.2, 0.25) is 0 Å². The van der Waals surface area contributed by atoms with Gasteiger partial charge in [0, 0.05) is 11.6 Å². The number of halogens is 1. The maximum absolute atomic E-state index is 12.8. The van der Waals surface area contributed by atoms with Gasteiger partial charge in [0.25, 0.3) is 0 Å². The zero-order valence-electron chi connectivity index (χ0n) is 11.4. The Balaban J connectivity index is 2.56. The average molecular weight is 312 g/mol. The zero-order valence-corrected chi connectivity index (χ0v) is 12.2. The molecule has 0 bridgehead atoms. The fraction of sp³-hybridized carbons (Fsp3) is 0.143. The van der Waals surface area contributed by atoms with E-state index in [-0.39, 0.29) is 5.75 Å². The van der Waals surface area contributed by atoms with Gasteiger partial charge in [-0.15, -0.1) is 0 Å². The molecule has 0 N–H and O–H groups in total. The van der Waals surface area contributed by atoms with Crippen LogP contribution in [0.4, 0.5) is 3.89 Å². The molecular formula is C14H13FO5S. The molecule has 0 radical (unpaired) electrons. The molecule has 0 saturated heterocycles. The summed E-state index contributed by atoms with van der Waals surface area (Å²) in [5.41, 5.74) is 0.973. The van der Waals surface area contributed by atoms with E-state index in [1.54, 1.807) is 36.4 Å². The second-order valence-corrected chi connectivity index (χ2v) is 5.03. The zero-order chi connectivity index (χ0) is 15.5. The van der Waals surface area contributed by atoms with E-state index in [0.29, 0.717) is 22.6 Å². The Morgan fingerprint density at radius 1 is 0.952 bits per heavy atom. The van der Waals surface area contributed by atoms with E-state index >= 15 is 0 Å². The Bertz CT molecular complexity index is 721. The van der Waals surface area contributed by atoms with Gasteiger partial charge in [0.15, 0.2) is 5.75 Å². The quantitative estimate of drug-likeness (QED) is 0.794. The standard InChI is InChI=1S/C14H13FO5S/c1-18-11-7-10(8-12(9-11)19-2)13-5-3-4-6-14(13)20-21(15,16)17/h3-9H,1-2H3. The van der Waals surface area contributed by atoms with Crippen LogP contribution < -0.4 is 13.7 Å². The molecule has 0 aromatic heterocycles. The normalized spacial score (nSPS) is 11.0. The number of ether oxygens (including phenoxy) is 2. The molecule has 5 nitrogen and oxygen atoms in total. The van der Waals surface area contributed by atoms with Gasteiger partial charge in [-0.25, -0.2) is 0 Å². The van der Waals surface area contributed by atoms with E-state index < -0.39 is 10.5 Å². The summed E-state index contributed by atoms with van der Waals surface area (Å²) < 4.78 is 48.8. The molecule has 112 valence electrons. The van der Waals surface area contributed by atoms with Crippen molar-refractivity contribution in [3.63, 3.8) is 0 Å². The fourth-order valence-electron chi connectivity index (χ4n) is 1.85. The van der Waals surface area contributed by atoms with Gasteiger partial charge < -0.3 is 13.7 Å². The summed E-state index contributed by atoms with van der Waals surface area (Å²) in [4.78, 5) is 0. The van der Waals surface area contributed by atoms with Crippen molar-refractivity contribution in [3.8, 4) is 28.4 Å². The molecule has 21 heavy (non-hydrogen) atoms. The lowest BCUT2D eigenvalue weighted by Crippen LogP contribution is -2.02. The summed E-state index contributed by atoms with van der Waals surface area (Å²) in [6.07, 6.45) is 0. The third-order valence-electron chi connectivity index (χ3n) is 2.74. The molecule has 2 aromatic rings. The Labute approximate surface area is 122 Å². The van der Waals surface area contributed by atoms with Crippen molar-refractivity contribution in [3.05, 3.63) is 42.5 Å². The first-order chi connectivity index (χ1) is 9.93. The first kappa shape index (κ1) is 15.1. The van der Waals surface area contributed by atoms with Gasteiger partial charge in [-0.3, -0.25) is 0 Å². The first-order valence-electron chi connectivity index (χ1n) is 5.89. The van der Waals surface area contributed by atoms with Crippen molar-refractivity contribution in [1.29, 1.82) is 0 Å². The predicted molar refractivity (Wildman–Crippen MR) is 75.6 cm³/mol. The van der Waals surface area contributed by atoms with Crippen molar-refractivity contribution < 1.29 is 26.0 Å². The molecule has 0 heterocycles. The van der Waals surface area contributed by atoms with Crippen LogP contribution in [-0.4, -0.2) is 22.6 Å². The third-order valence-corrected chi connectivity index (χ3v) is 3.12. The lowest BCUT2D eigenvalue weighted by atomic mass is 10.0. The third kappa shape index (κ3) is 3.85. The summed E-state index contributed by atoms with van der Waals surface area (Å²) in [6.45, 7) is 0. The van der Waals surface area contributed by atoms with Gasteiger partial charge in [0.1, 0.15) is 11.5 Å². The van der Waals surface area contributed by atoms with Crippen LogP contribution in [0.2, 0.25) is 0 Å². The molecule has 0 aliphatic carbocycles. The first-order valence-corrected chi connectivity index (χ1v) is 7.20. The van der Waals surface area contributed by atoms with Gasteiger partial charge in [-0.2, -0.15) is 8.42 Å². The van der Waals surface area contributed by atoms with E-state index in [2.05, 4.69) is 4.18 Å². The van der Waals surface area contributed by atoms with Gasteiger partial charge in [0.05, 0.1) is 14.2 Å². The second kappa shape index (κ2) is 6.01. The van der Waals surface area contributed by atoms with Crippen LogP contribution in [0.25, 0.3) is 11.1 Å². The van der Waals surface area contributed by atoms with E-state index in [9.17, 15) is 12.3 Å². The predicted octanol–water partition coefficient (Wildman–Crippen LogP) is 2.96.